The Morgan fingerprint density at radius 3 is 2.35 bits per heavy atom. The quantitative estimate of drug-likeness (QED) is 0.902. The number of carbonyl (C=O) groups excluding carboxylic acids is 1. The van der Waals surface area contributed by atoms with E-state index in [2.05, 4.69) is 9.88 Å². The molecular weight excluding hydrogens is 272 g/mol. The predicted octanol–water partition coefficient (Wildman–Crippen LogP) is 1.72. The van der Waals surface area contributed by atoms with Crippen molar-refractivity contribution in [3.63, 3.8) is 0 Å². The number of thiazole rings is 1. The van der Waals surface area contributed by atoms with Crippen LogP contribution in [0.1, 0.15) is 31.3 Å². The van der Waals surface area contributed by atoms with Crippen molar-refractivity contribution in [2.45, 2.75) is 34.2 Å². The first-order valence-corrected chi connectivity index (χ1v) is 7.82. The molecule has 5 nitrogen and oxygen atoms in total. The number of hydrogen-bond acceptors (Lipinski definition) is 5. The van der Waals surface area contributed by atoms with Gasteiger partial charge in [0.2, 0.25) is 5.91 Å². The van der Waals surface area contributed by atoms with Crippen LogP contribution >= 0.6 is 11.3 Å². The van der Waals surface area contributed by atoms with Gasteiger partial charge in [0.1, 0.15) is 0 Å². The van der Waals surface area contributed by atoms with Gasteiger partial charge in [-0.2, -0.15) is 0 Å². The number of aromatic nitrogens is 1. The van der Waals surface area contributed by atoms with Crippen molar-refractivity contribution in [1.82, 2.24) is 14.8 Å². The molecule has 0 aliphatic carbocycles. The third-order valence-electron chi connectivity index (χ3n) is 3.58. The monoisotopic (exact) mass is 296 g/mol. The fourth-order valence-corrected chi connectivity index (χ4v) is 3.26. The van der Waals surface area contributed by atoms with Crippen LogP contribution in [0.5, 0.6) is 0 Å². The van der Waals surface area contributed by atoms with E-state index in [0.29, 0.717) is 5.13 Å². The first-order chi connectivity index (χ1) is 9.27. The van der Waals surface area contributed by atoms with Gasteiger partial charge in [-0.1, -0.05) is 20.8 Å². The standard InChI is InChI=1S/C14H24N4OS/c1-10-11(20-13(15)16-10)9-17-5-7-18(8-6-17)12(19)14(2,3)4/h5-9H2,1-4H3,(H2,15,16). The molecule has 1 amide bonds. The average molecular weight is 296 g/mol. The minimum Gasteiger partial charge on any atom is -0.375 e. The largest absolute Gasteiger partial charge is 0.375 e. The number of piperazine rings is 1. The molecule has 1 aromatic heterocycles. The first kappa shape index (κ1) is 15.3. The minimum atomic E-state index is -0.287. The SMILES string of the molecule is Cc1nc(N)sc1CN1CCN(C(=O)C(C)(C)C)CC1. The lowest BCUT2D eigenvalue weighted by Crippen LogP contribution is -2.51. The van der Waals surface area contributed by atoms with Gasteiger partial charge in [0.15, 0.2) is 5.13 Å². The number of nitrogens with zero attached hydrogens (tertiary/aromatic N) is 3. The molecule has 1 fully saturated rings. The molecule has 20 heavy (non-hydrogen) atoms. The van der Waals surface area contributed by atoms with Gasteiger partial charge in [0.25, 0.3) is 0 Å². The molecule has 0 unspecified atom stereocenters. The van der Waals surface area contributed by atoms with Gasteiger partial charge in [-0.3, -0.25) is 9.69 Å². The zero-order valence-corrected chi connectivity index (χ0v) is 13.6. The van der Waals surface area contributed by atoms with Crippen LogP contribution in [-0.2, 0) is 11.3 Å². The molecule has 0 radical (unpaired) electrons. The number of carbonyl (C=O) groups is 1. The highest BCUT2D eigenvalue weighted by molar-refractivity contribution is 7.15. The van der Waals surface area contributed by atoms with Crippen LogP contribution in [0, 0.1) is 12.3 Å². The number of hydrogen-bond donors (Lipinski definition) is 1. The second-order valence-corrected chi connectivity index (χ2v) is 7.49. The van der Waals surface area contributed by atoms with Crippen LogP contribution in [0.4, 0.5) is 5.13 Å². The number of aryl methyl sites for hydroxylation is 1. The molecule has 0 atom stereocenters. The van der Waals surface area contributed by atoms with E-state index in [0.717, 1.165) is 38.4 Å². The highest BCUT2D eigenvalue weighted by Gasteiger charge is 2.29. The molecule has 112 valence electrons. The lowest BCUT2D eigenvalue weighted by molar-refractivity contribution is -0.141. The highest BCUT2D eigenvalue weighted by atomic mass is 32.1. The lowest BCUT2D eigenvalue weighted by atomic mass is 9.94. The summed E-state index contributed by atoms with van der Waals surface area (Å²) in [6, 6.07) is 0. The molecule has 1 aliphatic heterocycles. The van der Waals surface area contributed by atoms with Crippen LogP contribution in [0.25, 0.3) is 0 Å². The normalized spacial score (nSPS) is 17.5. The number of amides is 1. The molecule has 1 aromatic rings. The van der Waals surface area contributed by atoms with E-state index in [9.17, 15) is 4.79 Å². The van der Waals surface area contributed by atoms with E-state index >= 15 is 0 Å². The smallest absolute Gasteiger partial charge is 0.228 e. The molecule has 0 saturated carbocycles. The van der Waals surface area contributed by atoms with Crippen molar-refractivity contribution >= 4 is 22.4 Å². The van der Waals surface area contributed by atoms with E-state index in [1.165, 1.54) is 4.88 Å². The van der Waals surface area contributed by atoms with Gasteiger partial charge in [-0.05, 0) is 6.92 Å². The zero-order chi connectivity index (χ0) is 14.9. The van der Waals surface area contributed by atoms with Gasteiger partial charge >= 0.3 is 0 Å². The van der Waals surface area contributed by atoms with Crippen molar-refractivity contribution < 1.29 is 4.79 Å². The predicted molar refractivity (Wildman–Crippen MR) is 82.6 cm³/mol. The summed E-state index contributed by atoms with van der Waals surface area (Å²) >= 11 is 1.56. The van der Waals surface area contributed by atoms with E-state index in [1.54, 1.807) is 11.3 Å². The van der Waals surface area contributed by atoms with Crippen molar-refractivity contribution in [1.29, 1.82) is 0 Å². The molecule has 0 aromatic carbocycles. The van der Waals surface area contributed by atoms with Gasteiger partial charge in [0.05, 0.1) is 5.69 Å². The van der Waals surface area contributed by atoms with Crippen molar-refractivity contribution in [2.24, 2.45) is 5.41 Å². The maximum Gasteiger partial charge on any atom is 0.228 e. The molecule has 1 saturated heterocycles. The topological polar surface area (TPSA) is 62.5 Å². The Labute approximate surface area is 124 Å². The zero-order valence-electron chi connectivity index (χ0n) is 12.8. The van der Waals surface area contributed by atoms with Gasteiger partial charge in [-0.25, -0.2) is 4.98 Å². The van der Waals surface area contributed by atoms with Crippen LogP contribution in [0.3, 0.4) is 0 Å². The molecule has 1 aliphatic rings. The summed E-state index contributed by atoms with van der Waals surface area (Å²) in [6.45, 7) is 12.3. The Morgan fingerprint density at radius 1 is 1.30 bits per heavy atom. The van der Waals surface area contributed by atoms with Gasteiger partial charge in [0, 0.05) is 43.0 Å². The van der Waals surface area contributed by atoms with Gasteiger partial charge in [-0.15, -0.1) is 11.3 Å². The molecule has 2 heterocycles. The molecule has 6 heteroatoms. The fraction of sp³-hybridized carbons (Fsp3) is 0.714. The maximum absolute atomic E-state index is 12.2. The second kappa shape index (κ2) is 5.69. The second-order valence-electron chi connectivity index (χ2n) is 6.38. The van der Waals surface area contributed by atoms with E-state index in [1.807, 2.05) is 32.6 Å². The van der Waals surface area contributed by atoms with E-state index in [4.69, 9.17) is 5.73 Å². The number of nitrogen functional groups attached to an aromatic ring is 1. The first-order valence-electron chi connectivity index (χ1n) is 7.01. The van der Waals surface area contributed by atoms with Crippen molar-refractivity contribution in [3.8, 4) is 0 Å². The molecule has 0 bridgehead atoms. The Kier molecular flexibility index (Phi) is 4.34. The van der Waals surface area contributed by atoms with E-state index in [-0.39, 0.29) is 11.3 Å². The Morgan fingerprint density at radius 2 is 1.90 bits per heavy atom. The summed E-state index contributed by atoms with van der Waals surface area (Å²) in [5.41, 5.74) is 6.47. The Hall–Kier alpha value is -1.14. The minimum absolute atomic E-state index is 0.246. The van der Waals surface area contributed by atoms with Crippen LogP contribution in [0.2, 0.25) is 0 Å². The highest BCUT2D eigenvalue weighted by Crippen LogP contribution is 2.23. The molecule has 0 spiro atoms. The fourth-order valence-electron chi connectivity index (χ4n) is 2.38. The van der Waals surface area contributed by atoms with Crippen LogP contribution < -0.4 is 5.73 Å². The Balaban J connectivity index is 1.89. The summed E-state index contributed by atoms with van der Waals surface area (Å²) in [6.07, 6.45) is 0. The summed E-state index contributed by atoms with van der Waals surface area (Å²) < 4.78 is 0. The molecule has 2 rings (SSSR count). The summed E-state index contributed by atoms with van der Waals surface area (Å²) in [5, 5.41) is 0.638. The molecule has 2 N–H and O–H groups in total. The van der Waals surface area contributed by atoms with Crippen molar-refractivity contribution in [3.05, 3.63) is 10.6 Å². The number of nitrogens with two attached hydrogens (primary N) is 1. The lowest BCUT2D eigenvalue weighted by Gasteiger charge is -2.37. The Bertz CT molecular complexity index is 484. The van der Waals surface area contributed by atoms with Crippen LogP contribution in [-0.4, -0.2) is 46.9 Å². The summed E-state index contributed by atoms with van der Waals surface area (Å²) in [4.78, 5) is 22.1. The third kappa shape index (κ3) is 3.49. The molecular formula is C14H24N4OS. The van der Waals surface area contributed by atoms with Crippen LogP contribution in [0.15, 0.2) is 0 Å². The average Bonchev–Trinajstić information content (AvgIpc) is 2.67. The number of rotatable bonds is 2. The van der Waals surface area contributed by atoms with Gasteiger partial charge < -0.3 is 10.6 Å². The summed E-state index contributed by atoms with van der Waals surface area (Å²) in [7, 11) is 0. The summed E-state index contributed by atoms with van der Waals surface area (Å²) in [5.74, 6) is 0.246. The number of anilines is 1. The maximum atomic E-state index is 12.2. The van der Waals surface area contributed by atoms with E-state index < -0.39 is 0 Å². The van der Waals surface area contributed by atoms with Crippen molar-refractivity contribution in [2.75, 3.05) is 31.9 Å². The third-order valence-corrected chi connectivity index (χ3v) is 4.55.